The summed E-state index contributed by atoms with van der Waals surface area (Å²) in [6, 6.07) is 19.9. The molecule has 1 amide bonds. The number of aromatic nitrogens is 2. The van der Waals surface area contributed by atoms with Crippen LogP contribution in [0, 0.1) is 6.92 Å². The number of nitrogens with zero attached hydrogens (tertiary/aromatic N) is 2. The van der Waals surface area contributed by atoms with Crippen molar-refractivity contribution in [3.63, 3.8) is 0 Å². The van der Waals surface area contributed by atoms with Crippen molar-refractivity contribution in [1.29, 1.82) is 0 Å². The molecule has 32 heavy (non-hydrogen) atoms. The lowest BCUT2D eigenvalue weighted by atomic mass is 10.2. The monoisotopic (exact) mass is 483 g/mol. The summed E-state index contributed by atoms with van der Waals surface area (Å²) < 4.78 is 1.58. The Labute approximate surface area is 199 Å². The molecule has 3 aromatic carbocycles. The van der Waals surface area contributed by atoms with Crippen LogP contribution in [0.5, 0.6) is 0 Å². The molecule has 0 saturated carbocycles. The fraction of sp³-hybridized carbons (Fsp3) is 0.125. The quantitative estimate of drug-likeness (QED) is 0.278. The Morgan fingerprint density at radius 1 is 1.06 bits per heavy atom. The fourth-order valence-electron chi connectivity index (χ4n) is 3.31. The highest BCUT2D eigenvalue weighted by Gasteiger charge is 2.15. The van der Waals surface area contributed by atoms with Gasteiger partial charge in [0.15, 0.2) is 5.16 Å². The van der Waals surface area contributed by atoms with Crippen molar-refractivity contribution >= 4 is 57.5 Å². The molecule has 0 spiro atoms. The SMILES string of the molecule is Cc1cccc(Cl)c1NC(=O)CSc1nc2ccccc2c(=O)n1Cc1cccc(Cl)c1. The van der Waals surface area contributed by atoms with Crippen molar-refractivity contribution in [2.75, 3.05) is 11.1 Å². The van der Waals surface area contributed by atoms with E-state index in [0.717, 1.165) is 11.1 Å². The maximum atomic E-state index is 13.2. The number of fused-ring (bicyclic) bond motifs is 1. The van der Waals surface area contributed by atoms with Gasteiger partial charge in [0.05, 0.1) is 33.9 Å². The van der Waals surface area contributed by atoms with E-state index in [0.29, 0.717) is 38.3 Å². The molecule has 0 fully saturated rings. The number of amides is 1. The molecule has 0 aliphatic heterocycles. The van der Waals surface area contributed by atoms with E-state index in [-0.39, 0.29) is 17.2 Å². The first-order valence-corrected chi connectivity index (χ1v) is 11.6. The number of carbonyl (C=O) groups is 1. The maximum Gasteiger partial charge on any atom is 0.262 e. The van der Waals surface area contributed by atoms with Crippen LogP contribution in [0.25, 0.3) is 10.9 Å². The van der Waals surface area contributed by atoms with Crippen molar-refractivity contribution in [2.24, 2.45) is 0 Å². The highest BCUT2D eigenvalue weighted by Crippen LogP contribution is 2.26. The van der Waals surface area contributed by atoms with Crippen molar-refractivity contribution in [3.05, 3.63) is 98.3 Å². The Kier molecular flexibility index (Phi) is 6.84. The van der Waals surface area contributed by atoms with Gasteiger partial charge in [-0.3, -0.25) is 14.2 Å². The van der Waals surface area contributed by atoms with E-state index in [1.54, 1.807) is 34.9 Å². The van der Waals surface area contributed by atoms with Gasteiger partial charge in [0.25, 0.3) is 5.56 Å². The molecule has 5 nitrogen and oxygen atoms in total. The third-order valence-corrected chi connectivity index (χ3v) is 6.40. The second-order valence-corrected chi connectivity index (χ2v) is 8.99. The molecule has 0 aliphatic rings. The summed E-state index contributed by atoms with van der Waals surface area (Å²) in [6.45, 7) is 2.17. The largest absolute Gasteiger partial charge is 0.324 e. The number of rotatable bonds is 6. The summed E-state index contributed by atoms with van der Waals surface area (Å²) in [6.07, 6.45) is 0. The molecule has 0 radical (unpaired) electrons. The van der Waals surface area contributed by atoms with Crippen LogP contribution in [0.15, 0.2) is 76.7 Å². The Morgan fingerprint density at radius 3 is 2.62 bits per heavy atom. The van der Waals surface area contributed by atoms with E-state index in [1.165, 1.54) is 11.8 Å². The molecule has 0 saturated heterocycles. The summed E-state index contributed by atoms with van der Waals surface area (Å²) in [5.41, 5.74) is 2.75. The zero-order chi connectivity index (χ0) is 22.7. The summed E-state index contributed by atoms with van der Waals surface area (Å²) in [4.78, 5) is 30.5. The molecule has 162 valence electrons. The lowest BCUT2D eigenvalue weighted by Gasteiger charge is -2.14. The minimum Gasteiger partial charge on any atom is -0.324 e. The molecule has 4 aromatic rings. The summed E-state index contributed by atoms with van der Waals surface area (Å²) in [7, 11) is 0. The number of hydrogen-bond acceptors (Lipinski definition) is 4. The van der Waals surface area contributed by atoms with E-state index >= 15 is 0 Å². The third-order valence-electron chi connectivity index (χ3n) is 4.88. The lowest BCUT2D eigenvalue weighted by Crippen LogP contribution is -2.25. The van der Waals surface area contributed by atoms with Gasteiger partial charge in [-0.15, -0.1) is 0 Å². The van der Waals surface area contributed by atoms with Crippen molar-refractivity contribution in [2.45, 2.75) is 18.6 Å². The molecule has 1 aromatic heterocycles. The van der Waals surface area contributed by atoms with Crippen molar-refractivity contribution in [1.82, 2.24) is 9.55 Å². The number of benzene rings is 3. The van der Waals surface area contributed by atoms with E-state index in [9.17, 15) is 9.59 Å². The van der Waals surface area contributed by atoms with Crippen LogP contribution in [-0.2, 0) is 11.3 Å². The van der Waals surface area contributed by atoms with E-state index in [4.69, 9.17) is 23.2 Å². The summed E-state index contributed by atoms with van der Waals surface area (Å²) in [5.74, 6) is -0.159. The molecule has 0 unspecified atom stereocenters. The Bertz CT molecular complexity index is 1350. The van der Waals surface area contributed by atoms with Gasteiger partial charge in [-0.2, -0.15) is 0 Å². The highest BCUT2D eigenvalue weighted by molar-refractivity contribution is 7.99. The average molecular weight is 484 g/mol. The zero-order valence-electron chi connectivity index (χ0n) is 17.1. The Hall–Kier alpha value is -2.80. The fourth-order valence-corrected chi connectivity index (χ4v) is 4.59. The van der Waals surface area contributed by atoms with Crippen LogP contribution < -0.4 is 10.9 Å². The van der Waals surface area contributed by atoms with Crippen molar-refractivity contribution in [3.8, 4) is 0 Å². The van der Waals surface area contributed by atoms with Gasteiger partial charge in [-0.1, -0.05) is 71.4 Å². The minimum absolute atomic E-state index is 0.0744. The van der Waals surface area contributed by atoms with E-state index < -0.39 is 0 Å². The first kappa shape index (κ1) is 22.4. The summed E-state index contributed by atoms with van der Waals surface area (Å²) >= 11 is 13.5. The van der Waals surface area contributed by atoms with Gasteiger partial charge in [0.1, 0.15) is 0 Å². The minimum atomic E-state index is -0.233. The average Bonchev–Trinajstić information content (AvgIpc) is 2.77. The number of halogens is 2. The number of nitrogens with one attached hydrogen (secondary N) is 1. The number of aryl methyl sites for hydroxylation is 1. The van der Waals surface area contributed by atoms with E-state index in [1.807, 2.05) is 43.3 Å². The van der Waals surface area contributed by atoms with Gasteiger partial charge in [0, 0.05) is 5.02 Å². The Balaban J connectivity index is 1.63. The number of carbonyl (C=O) groups excluding carboxylic acids is 1. The van der Waals surface area contributed by atoms with Crippen LogP contribution in [0.1, 0.15) is 11.1 Å². The standard InChI is InChI=1S/C24H19Cl2N3O2S/c1-15-6-4-10-19(26)22(15)28-21(30)14-32-24-27-20-11-3-2-9-18(20)23(31)29(24)13-16-7-5-8-17(25)12-16/h2-12H,13-14H2,1H3,(H,28,30). The van der Waals surface area contributed by atoms with Crippen LogP contribution in [-0.4, -0.2) is 21.2 Å². The molecule has 8 heteroatoms. The molecule has 4 rings (SSSR count). The predicted octanol–water partition coefficient (Wildman–Crippen LogP) is 5.79. The first-order chi connectivity index (χ1) is 15.4. The lowest BCUT2D eigenvalue weighted by molar-refractivity contribution is -0.113. The molecule has 0 aliphatic carbocycles. The van der Waals surface area contributed by atoms with Crippen LogP contribution in [0.4, 0.5) is 5.69 Å². The molecule has 0 atom stereocenters. The third kappa shape index (κ3) is 4.99. The molecular weight excluding hydrogens is 465 g/mol. The topological polar surface area (TPSA) is 64.0 Å². The van der Waals surface area contributed by atoms with Gasteiger partial charge >= 0.3 is 0 Å². The number of para-hydroxylation sites is 2. The van der Waals surface area contributed by atoms with Crippen molar-refractivity contribution < 1.29 is 4.79 Å². The van der Waals surface area contributed by atoms with Gasteiger partial charge in [-0.25, -0.2) is 4.98 Å². The number of anilines is 1. The van der Waals surface area contributed by atoms with Crippen LogP contribution in [0.3, 0.4) is 0 Å². The maximum absolute atomic E-state index is 13.2. The smallest absolute Gasteiger partial charge is 0.262 e. The van der Waals surface area contributed by atoms with Crippen LogP contribution in [0.2, 0.25) is 10.0 Å². The summed E-state index contributed by atoms with van der Waals surface area (Å²) in [5, 5.41) is 4.90. The van der Waals surface area contributed by atoms with Gasteiger partial charge in [-0.05, 0) is 48.4 Å². The first-order valence-electron chi connectivity index (χ1n) is 9.84. The normalized spacial score (nSPS) is 11.0. The second-order valence-electron chi connectivity index (χ2n) is 7.20. The van der Waals surface area contributed by atoms with Gasteiger partial charge < -0.3 is 5.32 Å². The Morgan fingerprint density at radius 2 is 1.84 bits per heavy atom. The molecular formula is C24H19Cl2N3O2S. The van der Waals surface area contributed by atoms with Crippen LogP contribution >= 0.6 is 35.0 Å². The molecule has 0 bridgehead atoms. The number of hydrogen-bond donors (Lipinski definition) is 1. The van der Waals surface area contributed by atoms with E-state index in [2.05, 4.69) is 10.3 Å². The predicted molar refractivity (Wildman–Crippen MR) is 132 cm³/mol. The second kappa shape index (κ2) is 9.77. The zero-order valence-corrected chi connectivity index (χ0v) is 19.5. The molecule has 1 heterocycles. The number of thioether (sulfide) groups is 1. The molecule has 1 N–H and O–H groups in total. The highest BCUT2D eigenvalue weighted by atomic mass is 35.5. The van der Waals surface area contributed by atoms with Gasteiger partial charge in [0.2, 0.25) is 5.91 Å².